The van der Waals surface area contributed by atoms with Gasteiger partial charge in [0.2, 0.25) is 0 Å². The first kappa shape index (κ1) is 18.9. The monoisotopic (exact) mass is 375 g/mol. The summed E-state index contributed by atoms with van der Waals surface area (Å²) in [4.78, 5) is 37.2. The van der Waals surface area contributed by atoms with E-state index in [-0.39, 0.29) is 19.4 Å². The van der Waals surface area contributed by atoms with Crippen molar-refractivity contribution in [1.82, 2.24) is 20.8 Å². The molecule has 2 saturated heterocycles. The molecule has 12 nitrogen and oxygen atoms in total. The van der Waals surface area contributed by atoms with Crippen LogP contribution in [0.25, 0.3) is 0 Å². The van der Waals surface area contributed by atoms with Crippen molar-refractivity contribution in [1.29, 1.82) is 5.26 Å². The number of rotatable bonds is 4. The first-order valence-corrected chi connectivity index (χ1v) is 8.61. The lowest BCUT2D eigenvalue weighted by molar-refractivity contribution is -0.134. The van der Waals surface area contributed by atoms with E-state index in [1.807, 2.05) is 0 Å². The Morgan fingerprint density at radius 1 is 1.36 bits per heavy atom. The van der Waals surface area contributed by atoms with Crippen molar-refractivity contribution in [3.05, 3.63) is 0 Å². The van der Waals surface area contributed by atoms with Crippen LogP contribution in [0.3, 0.4) is 0 Å². The van der Waals surface area contributed by atoms with Crippen molar-refractivity contribution < 1.29 is 31.6 Å². The van der Waals surface area contributed by atoms with Crippen LogP contribution in [0.5, 0.6) is 0 Å². The van der Waals surface area contributed by atoms with Gasteiger partial charge in [-0.05, 0) is 26.7 Å². The molecule has 0 aromatic carbocycles. The van der Waals surface area contributed by atoms with Gasteiger partial charge in [-0.3, -0.25) is 25.0 Å². The van der Waals surface area contributed by atoms with Crippen molar-refractivity contribution in [3.63, 3.8) is 0 Å². The standard InChI is InChI=1S/C12H17N5O7S/c1-12(2,6-13)10(19)15-14-9(18)8-4-3-7-5-16(8)11(20)17(7)24-25(21,22)23/h7-8H,3-5H2,1-2H3,(H,14,18)(H,15,19)(H,21,22,23)/t7-,8-/m0/s1. The molecule has 25 heavy (non-hydrogen) atoms. The molecule has 3 N–H and O–H groups in total. The van der Waals surface area contributed by atoms with Crippen molar-refractivity contribution in [3.8, 4) is 6.07 Å². The summed E-state index contributed by atoms with van der Waals surface area (Å²) in [6, 6.07) is -0.686. The van der Waals surface area contributed by atoms with Crippen molar-refractivity contribution >= 4 is 28.2 Å². The minimum Gasteiger partial charge on any atom is -0.309 e. The molecule has 0 radical (unpaired) electrons. The number of nitrogens with one attached hydrogen (secondary N) is 2. The van der Waals surface area contributed by atoms with Crippen LogP contribution in [-0.4, -0.2) is 59.4 Å². The summed E-state index contributed by atoms with van der Waals surface area (Å²) in [5.74, 6) is -1.41. The third kappa shape index (κ3) is 3.98. The number of amides is 4. The fraction of sp³-hybridized carbons (Fsp3) is 0.667. The van der Waals surface area contributed by atoms with E-state index < -0.39 is 45.7 Å². The number of hydroxylamine groups is 2. The van der Waals surface area contributed by atoms with E-state index in [9.17, 15) is 22.8 Å². The van der Waals surface area contributed by atoms with Gasteiger partial charge in [0, 0.05) is 6.54 Å². The lowest BCUT2D eigenvalue weighted by atomic mass is 9.95. The smallest absolute Gasteiger partial charge is 0.309 e. The highest BCUT2D eigenvalue weighted by atomic mass is 32.3. The van der Waals surface area contributed by atoms with Crippen molar-refractivity contribution in [2.45, 2.75) is 38.8 Å². The minimum absolute atomic E-state index is 0.0318. The van der Waals surface area contributed by atoms with Gasteiger partial charge in [-0.2, -0.15) is 18.7 Å². The van der Waals surface area contributed by atoms with Gasteiger partial charge in [0.05, 0.1) is 12.1 Å². The van der Waals surface area contributed by atoms with Crippen LogP contribution in [0.15, 0.2) is 0 Å². The first-order chi connectivity index (χ1) is 11.5. The van der Waals surface area contributed by atoms with Crippen LogP contribution in [0, 0.1) is 16.7 Å². The Morgan fingerprint density at radius 2 is 2.00 bits per heavy atom. The topological polar surface area (TPSA) is 169 Å². The molecule has 0 aromatic heterocycles. The van der Waals surface area contributed by atoms with Crippen LogP contribution in [0.1, 0.15) is 26.7 Å². The molecule has 2 fully saturated rings. The Balaban J connectivity index is 2.01. The predicted molar refractivity (Wildman–Crippen MR) is 79.1 cm³/mol. The van der Waals surface area contributed by atoms with E-state index in [4.69, 9.17) is 9.81 Å². The lowest BCUT2D eigenvalue weighted by Gasteiger charge is -2.29. The van der Waals surface area contributed by atoms with E-state index >= 15 is 0 Å². The number of carbonyl (C=O) groups excluding carboxylic acids is 3. The molecule has 0 saturated carbocycles. The molecule has 2 bridgehead atoms. The molecule has 2 rings (SSSR count). The molecule has 0 spiro atoms. The predicted octanol–water partition coefficient (Wildman–Crippen LogP) is -1.31. The second kappa shape index (κ2) is 6.47. The molecule has 2 aliphatic rings. The number of fused-ring (bicyclic) bond motifs is 2. The number of piperidine rings is 1. The molecule has 13 heteroatoms. The van der Waals surface area contributed by atoms with Gasteiger partial charge in [-0.1, -0.05) is 0 Å². The second-order valence-corrected chi connectivity index (χ2v) is 7.19. The maximum atomic E-state index is 12.2. The SMILES string of the molecule is CC(C)(C#N)C(=O)NNC(=O)[C@@H]1CC[C@H]2CN1C(=O)N2OS(=O)(=O)O. The highest BCUT2D eigenvalue weighted by molar-refractivity contribution is 7.80. The maximum Gasteiger partial charge on any atom is 0.418 e. The summed E-state index contributed by atoms with van der Waals surface area (Å²) >= 11 is 0. The number of hydrogen-bond donors (Lipinski definition) is 3. The zero-order valence-corrected chi connectivity index (χ0v) is 14.2. The molecule has 4 amide bonds. The van der Waals surface area contributed by atoms with Crippen LogP contribution < -0.4 is 10.9 Å². The van der Waals surface area contributed by atoms with Crippen LogP contribution in [0.4, 0.5) is 4.79 Å². The highest BCUT2D eigenvalue weighted by Gasteiger charge is 2.49. The van der Waals surface area contributed by atoms with E-state index in [1.54, 1.807) is 6.07 Å². The third-order valence-corrected chi connectivity index (χ3v) is 4.30. The van der Waals surface area contributed by atoms with E-state index in [2.05, 4.69) is 15.1 Å². The van der Waals surface area contributed by atoms with Gasteiger partial charge in [0.1, 0.15) is 11.5 Å². The lowest BCUT2D eigenvalue weighted by Crippen LogP contribution is -2.55. The number of hydrazine groups is 1. The molecular formula is C12H17N5O7S. The molecular weight excluding hydrogens is 358 g/mol. The van der Waals surface area contributed by atoms with Crippen LogP contribution in [-0.2, 0) is 24.3 Å². The van der Waals surface area contributed by atoms with Gasteiger partial charge in [0.15, 0.2) is 0 Å². The Morgan fingerprint density at radius 3 is 2.56 bits per heavy atom. The largest absolute Gasteiger partial charge is 0.418 e. The number of urea groups is 1. The highest BCUT2D eigenvalue weighted by Crippen LogP contribution is 2.30. The Bertz CT molecular complexity index is 743. The normalized spacial score (nSPS) is 23.2. The fourth-order valence-corrected chi connectivity index (χ4v) is 2.90. The summed E-state index contributed by atoms with van der Waals surface area (Å²) in [6.07, 6.45) is 0.457. The van der Waals surface area contributed by atoms with E-state index in [0.29, 0.717) is 5.06 Å². The minimum atomic E-state index is -4.87. The summed E-state index contributed by atoms with van der Waals surface area (Å²) < 4.78 is 34.6. The van der Waals surface area contributed by atoms with Gasteiger partial charge < -0.3 is 4.90 Å². The van der Waals surface area contributed by atoms with Crippen molar-refractivity contribution in [2.24, 2.45) is 5.41 Å². The Kier molecular flexibility index (Phi) is 4.89. The number of nitrogens with zero attached hydrogens (tertiary/aromatic N) is 3. The number of hydrogen-bond acceptors (Lipinski definition) is 7. The Labute approximate surface area is 143 Å². The Hall–Kier alpha value is -2.43. The van der Waals surface area contributed by atoms with E-state index in [0.717, 1.165) is 4.90 Å². The summed E-state index contributed by atoms with van der Waals surface area (Å²) in [6.45, 7) is 2.77. The molecule has 0 aromatic rings. The quantitative estimate of drug-likeness (QED) is 0.401. The van der Waals surface area contributed by atoms with Gasteiger partial charge in [0.25, 0.3) is 11.8 Å². The second-order valence-electron chi connectivity index (χ2n) is 6.19. The number of carbonyl (C=O) groups is 3. The molecule has 2 heterocycles. The van der Waals surface area contributed by atoms with Crippen molar-refractivity contribution in [2.75, 3.05) is 6.54 Å². The molecule has 2 aliphatic heterocycles. The fourth-order valence-electron chi connectivity index (χ4n) is 2.51. The van der Waals surface area contributed by atoms with Gasteiger partial charge >= 0.3 is 16.4 Å². The third-order valence-electron chi connectivity index (χ3n) is 3.95. The zero-order chi connectivity index (χ0) is 19.0. The average molecular weight is 375 g/mol. The molecule has 0 aliphatic carbocycles. The average Bonchev–Trinajstić information content (AvgIpc) is 2.76. The first-order valence-electron chi connectivity index (χ1n) is 7.24. The van der Waals surface area contributed by atoms with Gasteiger partial charge in [-0.15, -0.1) is 4.28 Å². The number of nitriles is 1. The molecule has 0 unspecified atom stereocenters. The molecule has 2 atom stereocenters. The van der Waals surface area contributed by atoms with Crippen LogP contribution >= 0.6 is 0 Å². The zero-order valence-electron chi connectivity index (χ0n) is 13.4. The van der Waals surface area contributed by atoms with Crippen LogP contribution in [0.2, 0.25) is 0 Å². The molecule has 138 valence electrons. The summed E-state index contributed by atoms with van der Waals surface area (Å²) in [7, 11) is -4.87. The van der Waals surface area contributed by atoms with Gasteiger partial charge in [-0.25, -0.2) is 4.79 Å². The maximum absolute atomic E-state index is 12.2. The summed E-state index contributed by atoms with van der Waals surface area (Å²) in [5.41, 5.74) is 2.91. The van der Waals surface area contributed by atoms with E-state index in [1.165, 1.54) is 13.8 Å². The summed E-state index contributed by atoms with van der Waals surface area (Å²) in [5, 5.41) is 9.37.